The zero-order valence-corrected chi connectivity index (χ0v) is 10.1. The molecule has 0 aliphatic rings. The van der Waals surface area contributed by atoms with Crippen LogP contribution in [0.5, 0.6) is 0 Å². The van der Waals surface area contributed by atoms with Gasteiger partial charge in [0.2, 0.25) is 0 Å². The number of aliphatic imine (C=N–C) groups is 1. The van der Waals surface area contributed by atoms with Gasteiger partial charge in [0, 0.05) is 20.1 Å². The van der Waals surface area contributed by atoms with Crippen molar-refractivity contribution in [3.05, 3.63) is 12.4 Å². The third-order valence-electron chi connectivity index (χ3n) is 2.22. The van der Waals surface area contributed by atoms with Crippen LogP contribution in [0.4, 0.5) is 0 Å². The molecule has 0 radical (unpaired) electrons. The van der Waals surface area contributed by atoms with Crippen LogP contribution in [0.3, 0.4) is 0 Å². The molecule has 86 valence electrons. The molecule has 4 heteroatoms. The van der Waals surface area contributed by atoms with E-state index in [0.29, 0.717) is 18.0 Å². The first-order valence-corrected chi connectivity index (χ1v) is 5.34. The molecule has 0 bridgehead atoms. The highest BCUT2D eigenvalue weighted by Gasteiger charge is 2.09. The number of carbonyl (C=O) groups excluding carboxylic acids is 1. The molecule has 0 heterocycles. The van der Waals surface area contributed by atoms with Crippen molar-refractivity contribution in [1.82, 2.24) is 10.2 Å². The molecule has 15 heavy (non-hydrogen) atoms. The first-order chi connectivity index (χ1) is 7.10. The molecule has 4 nitrogen and oxygen atoms in total. The van der Waals surface area contributed by atoms with Gasteiger partial charge in [0.25, 0.3) is 5.91 Å². The summed E-state index contributed by atoms with van der Waals surface area (Å²) in [6, 6.07) is 0. The Morgan fingerprint density at radius 2 is 1.87 bits per heavy atom. The summed E-state index contributed by atoms with van der Waals surface area (Å²) >= 11 is 0. The fraction of sp³-hybridized carbons (Fsp3) is 0.636. The zero-order chi connectivity index (χ0) is 11.8. The maximum Gasteiger partial charge on any atom is 0.265 e. The van der Waals surface area contributed by atoms with Crippen LogP contribution in [0.2, 0.25) is 0 Å². The molecule has 1 amide bonds. The van der Waals surface area contributed by atoms with E-state index in [1.807, 2.05) is 25.7 Å². The molecule has 0 fully saturated rings. The van der Waals surface area contributed by atoms with Gasteiger partial charge < -0.3 is 10.2 Å². The summed E-state index contributed by atoms with van der Waals surface area (Å²) < 4.78 is 0. The molecule has 0 saturated heterocycles. The Morgan fingerprint density at radius 3 is 2.20 bits per heavy atom. The summed E-state index contributed by atoms with van der Waals surface area (Å²) in [4.78, 5) is 17.6. The third kappa shape index (κ3) is 4.14. The van der Waals surface area contributed by atoms with Gasteiger partial charge in [-0.1, -0.05) is 13.5 Å². The van der Waals surface area contributed by atoms with E-state index in [9.17, 15) is 4.79 Å². The number of amides is 1. The summed E-state index contributed by atoms with van der Waals surface area (Å²) in [5.74, 6) is 0.520. The Kier molecular flexibility index (Phi) is 6.42. The van der Waals surface area contributed by atoms with Gasteiger partial charge >= 0.3 is 0 Å². The van der Waals surface area contributed by atoms with Crippen molar-refractivity contribution in [3.8, 4) is 0 Å². The molecule has 0 saturated carbocycles. The van der Waals surface area contributed by atoms with Crippen molar-refractivity contribution in [2.24, 2.45) is 4.99 Å². The topological polar surface area (TPSA) is 44.7 Å². The Balaban J connectivity index is 4.68. The normalized spacial score (nSPS) is 11.1. The van der Waals surface area contributed by atoms with Gasteiger partial charge in [-0.2, -0.15) is 0 Å². The van der Waals surface area contributed by atoms with Crippen LogP contribution in [0.25, 0.3) is 0 Å². The Bertz CT molecular complexity index is 255. The maximum atomic E-state index is 11.4. The summed E-state index contributed by atoms with van der Waals surface area (Å²) in [5, 5.41) is 2.57. The minimum absolute atomic E-state index is 0.134. The summed E-state index contributed by atoms with van der Waals surface area (Å²) in [6.45, 7) is 11.5. The quantitative estimate of drug-likeness (QED) is 0.675. The van der Waals surface area contributed by atoms with Crippen molar-refractivity contribution < 1.29 is 4.79 Å². The third-order valence-corrected chi connectivity index (χ3v) is 2.22. The van der Waals surface area contributed by atoms with Gasteiger partial charge in [0.15, 0.2) is 0 Å². The second kappa shape index (κ2) is 7.04. The van der Waals surface area contributed by atoms with E-state index in [2.05, 4.69) is 16.9 Å². The molecule has 1 N–H and O–H groups in total. The zero-order valence-electron chi connectivity index (χ0n) is 10.1. The molecule has 0 unspecified atom stereocenters. The highest BCUT2D eigenvalue weighted by atomic mass is 16.1. The smallest absolute Gasteiger partial charge is 0.265 e. The van der Waals surface area contributed by atoms with Gasteiger partial charge in [0.05, 0.1) is 0 Å². The summed E-state index contributed by atoms with van der Waals surface area (Å²) in [7, 11) is 1.60. The molecule has 0 aromatic rings. The van der Waals surface area contributed by atoms with Gasteiger partial charge in [-0.25, -0.2) is 4.99 Å². The maximum absolute atomic E-state index is 11.4. The molecule has 0 aromatic heterocycles. The average molecular weight is 211 g/mol. The minimum Gasteiger partial charge on any atom is -0.358 e. The standard InChI is InChI=1S/C11H21N3O/c1-6-10(11(15)12-5)13-9(4)14(7-2)8-3/h4,6-8H2,1-3,5H3,(H,12,15)/b13-10+. The summed E-state index contributed by atoms with van der Waals surface area (Å²) in [5.41, 5.74) is 0.523. The lowest BCUT2D eigenvalue weighted by Gasteiger charge is -2.20. The first kappa shape index (κ1) is 13.7. The van der Waals surface area contributed by atoms with E-state index in [4.69, 9.17) is 0 Å². The predicted octanol–water partition coefficient (Wildman–Crippen LogP) is 1.40. The number of hydrogen-bond acceptors (Lipinski definition) is 3. The van der Waals surface area contributed by atoms with E-state index in [1.165, 1.54) is 0 Å². The molecule has 0 atom stereocenters. The van der Waals surface area contributed by atoms with Gasteiger partial charge in [0.1, 0.15) is 11.5 Å². The van der Waals surface area contributed by atoms with Crippen molar-refractivity contribution in [2.45, 2.75) is 27.2 Å². The van der Waals surface area contributed by atoms with Gasteiger partial charge in [-0.15, -0.1) is 0 Å². The Morgan fingerprint density at radius 1 is 1.33 bits per heavy atom. The summed E-state index contributed by atoms with van der Waals surface area (Å²) in [6.07, 6.45) is 0.611. The van der Waals surface area contributed by atoms with E-state index in [1.54, 1.807) is 7.05 Å². The Hall–Kier alpha value is -1.32. The van der Waals surface area contributed by atoms with Crippen LogP contribution >= 0.6 is 0 Å². The van der Waals surface area contributed by atoms with E-state index >= 15 is 0 Å². The van der Waals surface area contributed by atoms with Crippen molar-refractivity contribution >= 4 is 11.6 Å². The Labute approximate surface area is 92.1 Å². The molecule has 0 aliphatic carbocycles. The highest BCUT2D eigenvalue weighted by Crippen LogP contribution is 2.04. The molecular formula is C11H21N3O. The van der Waals surface area contributed by atoms with Crippen LogP contribution in [0.15, 0.2) is 17.4 Å². The predicted molar refractivity (Wildman–Crippen MR) is 63.9 cm³/mol. The lowest BCUT2D eigenvalue weighted by atomic mass is 10.3. The number of carbonyl (C=O) groups is 1. The number of rotatable bonds is 6. The van der Waals surface area contributed by atoms with Crippen LogP contribution in [0.1, 0.15) is 27.2 Å². The lowest BCUT2D eigenvalue weighted by molar-refractivity contribution is -0.114. The number of nitrogens with one attached hydrogen (secondary N) is 1. The second-order valence-corrected chi connectivity index (χ2v) is 3.08. The highest BCUT2D eigenvalue weighted by molar-refractivity contribution is 6.38. The van der Waals surface area contributed by atoms with Crippen molar-refractivity contribution in [2.75, 3.05) is 20.1 Å². The second-order valence-electron chi connectivity index (χ2n) is 3.08. The minimum atomic E-state index is -0.134. The van der Waals surface area contributed by atoms with E-state index in [-0.39, 0.29) is 5.91 Å². The van der Waals surface area contributed by atoms with Crippen molar-refractivity contribution in [3.63, 3.8) is 0 Å². The SMILES string of the molecule is C=C(/N=C(\CC)C(=O)NC)N(CC)CC. The largest absolute Gasteiger partial charge is 0.358 e. The number of hydrogen-bond donors (Lipinski definition) is 1. The van der Waals surface area contributed by atoms with Crippen molar-refractivity contribution in [1.29, 1.82) is 0 Å². The van der Waals surface area contributed by atoms with Crippen LogP contribution < -0.4 is 5.32 Å². The molecule has 0 aromatic carbocycles. The molecule has 0 aliphatic heterocycles. The molecular weight excluding hydrogens is 190 g/mol. The van der Waals surface area contributed by atoms with Gasteiger partial charge in [-0.3, -0.25) is 4.79 Å². The van der Waals surface area contributed by atoms with Gasteiger partial charge in [-0.05, 0) is 20.3 Å². The van der Waals surface area contributed by atoms with Crippen LogP contribution in [-0.4, -0.2) is 36.7 Å². The lowest BCUT2D eigenvalue weighted by Crippen LogP contribution is -2.29. The molecule has 0 rings (SSSR count). The van der Waals surface area contributed by atoms with E-state index < -0.39 is 0 Å². The number of nitrogens with zero attached hydrogens (tertiary/aromatic N) is 2. The average Bonchev–Trinajstić information content (AvgIpc) is 2.26. The van der Waals surface area contributed by atoms with Crippen LogP contribution in [0, 0.1) is 0 Å². The molecule has 0 spiro atoms. The van der Waals surface area contributed by atoms with Crippen LogP contribution in [-0.2, 0) is 4.79 Å². The fourth-order valence-electron chi connectivity index (χ4n) is 1.25. The van der Waals surface area contributed by atoms with E-state index in [0.717, 1.165) is 13.1 Å². The first-order valence-electron chi connectivity index (χ1n) is 5.34. The fourth-order valence-corrected chi connectivity index (χ4v) is 1.25. The monoisotopic (exact) mass is 211 g/mol.